The van der Waals surface area contributed by atoms with Crippen LogP contribution in [0.5, 0.6) is 0 Å². The van der Waals surface area contributed by atoms with Crippen LogP contribution in [0.4, 0.5) is 5.69 Å². The van der Waals surface area contributed by atoms with E-state index in [0.717, 1.165) is 6.54 Å². The number of nitrogens with zero attached hydrogens (tertiary/aromatic N) is 1. The molecule has 0 unspecified atom stereocenters. The van der Waals surface area contributed by atoms with E-state index in [-0.39, 0.29) is 10.6 Å². The predicted octanol–water partition coefficient (Wildman–Crippen LogP) is 1.84. The lowest BCUT2D eigenvalue weighted by atomic mass is 10.1. The van der Waals surface area contributed by atoms with E-state index in [0.29, 0.717) is 18.7 Å². The van der Waals surface area contributed by atoms with Gasteiger partial charge in [-0.1, -0.05) is 24.3 Å². The van der Waals surface area contributed by atoms with Gasteiger partial charge < -0.3 is 10.1 Å². The van der Waals surface area contributed by atoms with Crippen LogP contribution in [-0.4, -0.2) is 31.7 Å². The van der Waals surface area contributed by atoms with Gasteiger partial charge in [-0.15, -0.1) is 0 Å². The Hall–Kier alpha value is -1.72. The SMILES string of the molecule is COCCNC/C=C/c1ccccc1[N+](=O)[O-]. The number of methoxy groups -OCH3 is 1. The highest BCUT2D eigenvalue weighted by molar-refractivity contribution is 5.60. The molecule has 1 aromatic carbocycles. The average molecular weight is 236 g/mol. The topological polar surface area (TPSA) is 64.4 Å². The molecule has 0 saturated heterocycles. The third-order valence-electron chi connectivity index (χ3n) is 2.18. The third kappa shape index (κ3) is 4.76. The Morgan fingerprint density at radius 2 is 2.24 bits per heavy atom. The van der Waals surface area contributed by atoms with Crippen LogP contribution >= 0.6 is 0 Å². The molecule has 0 saturated carbocycles. The van der Waals surface area contributed by atoms with Crippen molar-refractivity contribution in [3.63, 3.8) is 0 Å². The molecule has 1 aromatic rings. The fraction of sp³-hybridized carbons (Fsp3) is 0.333. The van der Waals surface area contributed by atoms with E-state index in [1.807, 2.05) is 6.08 Å². The fourth-order valence-corrected chi connectivity index (χ4v) is 1.34. The second kappa shape index (κ2) is 7.54. The van der Waals surface area contributed by atoms with E-state index in [1.165, 1.54) is 6.07 Å². The molecule has 0 aliphatic heterocycles. The summed E-state index contributed by atoms with van der Waals surface area (Å²) in [5.74, 6) is 0. The first-order valence-corrected chi connectivity index (χ1v) is 5.35. The largest absolute Gasteiger partial charge is 0.383 e. The highest BCUT2D eigenvalue weighted by Gasteiger charge is 2.08. The summed E-state index contributed by atoms with van der Waals surface area (Å²) in [6, 6.07) is 6.67. The first kappa shape index (κ1) is 13.3. The Kier molecular flexibility index (Phi) is 5.92. The fourth-order valence-electron chi connectivity index (χ4n) is 1.34. The van der Waals surface area contributed by atoms with Crippen molar-refractivity contribution in [3.05, 3.63) is 46.0 Å². The quantitative estimate of drug-likeness (QED) is 0.445. The number of nitro groups is 1. The molecule has 5 heteroatoms. The molecule has 0 aromatic heterocycles. The minimum atomic E-state index is -0.377. The molecule has 0 fully saturated rings. The lowest BCUT2D eigenvalue weighted by Crippen LogP contribution is -2.18. The predicted molar refractivity (Wildman–Crippen MR) is 66.9 cm³/mol. The lowest BCUT2D eigenvalue weighted by Gasteiger charge is -1.99. The first-order chi connectivity index (χ1) is 8.25. The van der Waals surface area contributed by atoms with Gasteiger partial charge in [0.2, 0.25) is 0 Å². The molecule has 0 amide bonds. The van der Waals surface area contributed by atoms with Crippen LogP contribution < -0.4 is 5.32 Å². The zero-order valence-electron chi connectivity index (χ0n) is 9.76. The van der Waals surface area contributed by atoms with Gasteiger partial charge in [0.25, 0.3) is 5.69 Å². The number of hydrogen-bond donors (Lipinski definition) is 1. The summed E-state index contributed by atoms with van der Waals surface area (Å²) in [5.41, 5.74) is 0.742. The molecule has 0 aliphatic carbocycles. The van der Waals surface area contributed by atoms with Crippen LogP contribution in [0.1, 0.15) is 5.56 Å². The highest BCUT2D eigenvalue weighted by Crippen LogP contribution is 2.18. The highest BCUT2D eigenvalue weighted by atomic mass is 16.6. The second-order valence-corrected chi connectivity index (χ2v) is 3.42. The van der Waals surface area contributed by atoms with Crippen LogP contribution in [0.3, 0.4) is 0 Å². The number of nitro benzene ring substituents is 1. The number of benzene rings is 1. The summed E-state index contributed by atoms with van der Waals surface area (Å²) < 4.78 is 4.88. The zero-order chi connectivity index (χ0) is 12.5. The third-order valence-corrected chi connectivity index (χ3v) is 2.18. The first-order valence-electron chi connectivity index (χ1n) is 5.35. The van der Waals surface area contributed by atoms with E-state index < -0.39 is 0 Å². The Morgan fingerprint density at radius 1 is 1.47 bits per heavy atom. The van der Waals surface area contributed by atoms with Crippen molar-refractivity contribution in [3.8, 4) is 0 Å². The normalized spacial score (nSPS) is 10.9. The molecule has 0 radical (unpaired) electrons. The molecule has 1 N–H and O–H groups in total. The van der Waals surface area contributed by atoms with Crippen molar-refractivity contribution < 1.29 is 9.66 Å². The van der Waals surface area contributed by atoms with Gasteiger partial charge >= 0.3 is 0 Å². The molecule has 0 spiro atoms. The lowest BCUT2D eigenvalue weighted by molar-refractivity contribution is -0.385. The van der Waals surface area contributed by atoms with Crippen molar-refractivity contribution in [2.24, 2.45) is 0 Å². The summed E-state index contributed by atoms with van der Waals surface area (Å²) in [7, 11) is 1.64. The van der Waals surface area contributed by atoms with Gasteiger partial charge in [0, 0.05) is 26.3 Å². The van der Waals surface area contributed by atoms with Crippen LogP contribution in [0.15, 0.2) is 30.3 Å². The van der Waals surface area contributed by atoms with E-state index >= 15 is 0 Å². The van der Waals surface area contributed by atoms with E-state index in [9.17, 15) is 10.1 Å². The summed E-state index contributed by atoms with van der Waals surface area (Å²) >= 11 is 0. The summed E-state index contributed by atoms with van der Waals surface area (Å²) in [4.78, 5) is 10.4. The van der Waals surface area contributed by atoms with Gasteiger partial charge in [-0.05, 0) is 6.07 Å². The van der Waals surface area contributed by atoms with Crippen LogP contribution in [0.25, 0.3) is 6.08 Å². The maximum atomic E-state index is 10.7. The number of rotatable bonds is 7. The monoisotopic (exact) mass is 236 g/mol. The Morgan fingerprint density at radius 3 is 2.94 bits per heavy atom. The number of hydrogen-bond acceptors (Lipinski definition) is 4. The summed E-state index contributed by atoms with van der Waals surface area (Å²) in [5, 5.41) is 13.9. The number of para-hydroxylation sites is 1. The number of nitrogens with one attached hydrogen (secondary N) is 1. The Labute approximate surface area is 100 Å². The molecule has 0 bridgehead atoms. The van der Waals surface area contributed by atoms with Crippen LogP contribution in [0.2, 0.25) is 0 Å². The Bertz CT molecular complexity index is 391. The standard InChI is InChI=1S/C12H16N2O3/c1-17-10-9-13-8-4-6-11-5-2-3-7-12(11)14(15)16/h2-7,13H,8-10H2,1H3/b6-4+. The van der Waals surface area contributed by atoms with Crippen molar-refractivity contribution in [2.45, 2.75) is 0 Å². The van der Waals surface area contributed by atoms with Gasteiger partial charge in [0.15, 0.2) is 0 Å². The van der Waals surface area contributed by atoms with Gasteiger partial charge in [-0.25, -0.2) is 0 Å². The zero-order valence-corrected chi connectivity index (χ0v) is 9.76. The maximum Gasteiger partial charge on any atom is 0.276 e. The minimum Gasteiger partial charge on any atom is -0.383 e. The molecule has 5 nitrogen and oxygen atoms in total. The smallest absolute Gasteiger partial charge is 0.276 e. The van der Waals surface area contributed by atoms with Crippen molar-refractivity contribution in [1.82, 2.24) is 5.32 Å². The molecular weight excluding hydrogens is 220 g/mol. The summed E-state index contributed by atoms with van der Waals surface area (Å²) in [6.07, 6.45) is 3.61. The molecular formula is C12H16N2O3. The van der Waals surface area contributed by atoms with E-state index in [4.69, 9.17) is 4.74 Å². The van der Waals surface area contributed by atoms with E-state index in [1.54, 1.807) is 31.4 Å². The number of ether oxygens (including phenoxy) is 1. The minimum absolute atomic E-state index is 0.126. The second-order valence-electron chi connectivity index (χ2n) is 3.42. The van der Waals surface area contributed by atoms with Gasteiger partial charge in [0.05, 0.1) is 17.1 Å². The average Bonchev–Trinajstić information content (AvgIpc) is 2.34. The van der Waals surface area contributed by atoms with Crippen LogP contribution in [0, 0.1) is 10.1 Å². The molecule has 92 valence electrons. The van der Waals surface area contributed by atoms with Crippen LogP contribution in [-0.2, 0) is 4.74 Å². The van der Waals surface area contributed by atoms with Gasteiger partial charge in [0.1, 0.15) is 0 Å². The molecule has 0 atom stereocenters. The molecule has 1 rings (SSSR count). The van der Waals surface area contributed by atoms with Gasteiger partial charge in [-0.3, -0.25) is 10.1 Å². The van der Waals surface area contributed by atoms with Crippen molar-refractivity contribution in [1.29, 1.82) is 0 Å². The summed E-state index contributed by atoms with van der Waals surface area (Å²) in [6.45, 7) is 2.08. The molecule has 0 heterocycles. The van der Waals surface area contributed by atoms with Gasteiger partial charge in [-0.2, -0.15) is 0 Å². The molecule has 0 aliphatic rings. The van der Waals surface area contributed by atoms with Crippen molar-refractivity contribution in [2.75, 3.05) is 26.8 Å². The maximum absolute atomic E-state index is 10.7. The molecule has 17 heavy (non-hydrogen) atoms. The van der Waals surface area contributed by atoms with E-state index in [2.05, 4.69) is 5.32 Å². The van der Waals surface area contributed by atoms with Crippen molar-refractivity contribution >= 4 is 11.8 Å². The Balaban J connectivity index is 2.50.